The summed E-state index contributed by atoms with van der Waals surface area (Å²) in [6.07, 6.45) is 1.62. The van der Waals surface area contributed by atoms with E-state index in [0.29, 0.717) is 17.4 Å². The largest absolute Gasteiger partial charge is 0.365 e. The van der Waals surface area contributed by atoms with Crippen LogP contribution in [0.4, 0.5) is 5.82 Å². The van der Waals surface area contributed by atoms with E-state index >= 15 is 0 Å². The molecule has 0 fully saturated rings. The number of nitrogens with one attached hydrogen (secondary N) is 1. The van der Waals surface area contributed by atoms with Gasteiger partial charge in [-0.25, -0.2) is 18.5 Å². The van der Waals surface area contributed by atoms with E-state index in [2.05, 4.69) is 10.3 Å². The van der Waals surface area contributed by atoms with E-state index in [9.17, 15) is 8.42 Å². The first-order valence-corrected chi connectivity index (χ1v) is 7.35. The molecule has 0 aliphatic carbocycles. The number of hydrogen-bond acceptors (Lipinski definition) is 4. The number of pyridine rings is 1. The lowest BCUT2D eigenvalue weighted by Crippen LogP contribution is -2.12. The van der Waals surface area contributed by atoms with Gasteiger partial charge in [0.25, 0.3) is 0 Å². The lowest BCUT2D eigenvalue weighted by Gasteiger charge is -2.08. The second-order valence-corrected chi connectivity index (χ2v) is 5.85. The first kappa shape index (κ1) is 13.8. The Hall–Kier alpha value is -1.63. The Morgan fingerprint density at radius 3 is 2.74 bits per heavy atom. The Morgan fingerprint density at radius 2 is 2.05 bits per heavy atom. The van der Waals surface area contributed by atoms with Crippen LogP contribution in [0.5, 0.6) is 0 Å². The molecule has 19 heavy (non-hydrogen) atoms. The van der Waals surface area contributed by atoms with E-state index in [4.69, 9.17) is 16.7 Å². The van der Waals surface area contributed by atoms with E-state index in [-0.39, 0.29) is 4.90 Å². The van der Waals surface area contributed by atoms with Gasteiger partial charge in [-0.3, -0.25) is 0 Å². The monoisotopic (exact) mass is 297 g/mol. The molecular weight excluding hydrogens is 286 g/mol. The van der Waals surface area contributed by atoms with Crippen molar-refractivity contribution in [3.63, 3.8) is 0 Å². The summed E-state index contributed by atoms with van der Waals surface area (Å²) in [6.45, 7) is 0.403. The van der Waals surface area contributed by atoms with Crippen molar-refractivity contribution in [2.24, 2.45) is 5.14 Å². The molecule has 0 atom stereocenters. The average molecular weight is 298 g/mol. The third-order valence-electron chi connectivity index (χ3n) is 2.45. The van der Waals surface area contributed by atoms with Gasteiger partial charge in [0.1, 0.15) is 5.82 Å². The minimum absolute atomic E-state index is 0.0823. The smallest absolute Gasteiger partial charge is 0.238 e. The zero-order chi connectivity index (χ0) is 13.9. The first-order valence-electron chi connectivity index (χ1n) is 5.43. The molecule has 1 heterocycles. The molecular formula is C12H12ClN3O2S. The van der Waals surface area contributed by atoms with Crippen molar-refractivity contribution >= 4 is 27.4 Å². The second kappa shape index (κ2) is 5.56. The third kappa shape index (κ3) is 3.66. The summed E-state index contributed by atoms with van der Waals surface area (Å²) in [7, 11) is -3.69. The minimum Gasteiger partial charge on any atom is -0.365 e. The quantitative estimate of drug-likeness (QED) is 0.904. The summed E-state index contributed by atoms with van der Waals surface area (Å²) in [5.41, 5.74) is 0.772. The molecule has 0 radical (unpaired) electrons. The van der Waals surface area contributed by atoms with E-state index in [1.807, 2.05) is 0 Å². The Labute approximate surface area is 116 Å². The second-order valence-electron chi connectivity index (χ2n) is 3.88. The number of aromatic nitrogens is 1. The van der Waals surface area contributed by atoms with E-state index in [1.165, 1.54) is 12.1 Å². The van der Waals surface area contributed by atoms with Crippen molar-refractivity contribution in [3.8, 4) is 0 Å². The molecule has 0 aliphatic rings. The average Bonchev–Trinajstić information content (AvgIpc) is 2.37. The molecule has 0 saturated heterocycles. The zero-order valence-electron chi connectivity index (χ0n) is 9.88. The zero-order valence-corrected chi connectivity index (χ0v) is 11.4. The van der Waals surface area contributed by atoms with E-state index in [1.54, 1.807) is 30.5 Å². The van der Waals surface area contributed by atoms with Crippen LogP contribution in [0.25, 0.3) is 0 Å². The number of benzene rings is 1. The Bertz CT molecular complexity index is 689. The summed E-state index contributed by atoms with van der Waals surface area (Å²) in [5, 5.41) is 8.61. The fourth-order valence-corrected chi connectivity index (χ4v) is 2.31. The van der Waals surface area contributed by atoms with Crippen LogP contribution in [-0.4, -0.2) is 13.4 Å². The van der Waals surface area contributed by atoms with Crippen LogP contribution in [0.3, 0.4) is 0 Å². The highest BCUT2D eigenvalue weighted by molar-refractivity contribution is 7.89. The molecule has 3 N–H and O–H groups in total. The Kier molecular flexibility index (Phi) is 4.04. The standard InChI is InChI=1S/C12H12ClN3O2S/c13-11-5-2-6-15-12(11)16-8-9-3-1-4-10(7-9)19(14,17)18/h1-7H,8H2,(H,15,16)(H2,14,17,18). The number of halogens is 1. The molecule has 0 bridgehead atoms. The number of primary sulfonamides is 1. The predicted octanol–water partition coefficient (Wildman–Crippen LogP) is 1.99. The van der Waals surface area contributed by atoms with Gasteiger partial charge in [0, 0.05) is 12.7 Å². The van der Waals surface area contributed by atoms with Gasteiger partial charge in [0.05, 0.1) is 9.92 Å². The summed E-state index contributed by atoms with van der Waals surface area (Å²) < 4.78 is 22.5. The maximum atomic E-state index is 11.2. The lowest BCUT2D eigenvalue weighted by molar-refractivity contribution is 0.597. The molecule has 1 aromatic carbocycles. The molecule has 0 unspecified atom stereocenters. The van der Waals surface area contributed by atoms with Crippen LogP contribution in [-0.2, 0) is 16.6 Å². The van der Waals surface area contributed by atoms with Crippen molar-refractivity contribution < 1.29 is 8.42 Å². The highest BCUT2D eigenvalue weighted by atomic mass is 35.5. The third-order valence-corrected chi connectivity index (χ3v) is 3.66. The number of nitrogens with two attached hydrogens (primary N) is 1. The maximum Gasteiger partial charge on any atom is 0.238 e. The molecule has 0 spiro atoms. The fourth-order valence-electron chi connectivity index (χ4n) is 1.53. The predicted molar refractivity (Wildman–Crippen MR) is 74.4 cm³/mol. The number of hydrogen-bond donors (Lipinski definition) is 2. The van der Waals surface area contributed by atoms with Crippen LogP contribution >= 0.6 is 11.6 Å². The minimum atomic E-state index is -3.69. The maximum absolute atomic E-state index is 11.2. The van der Waals surface area contributed by atoms with E-state index in [0.717, 1.165) is 5.56 Å². The van der Waals surface area contributed by atoms with Crippen molar-refractivity contribution in [1.29, 1.82) is 0 Å². The van der Waals surface area contributed by atoms with Crippen LogP contribution in [0.1, 0.15) is 5.56 Å². The number of anilines is 1. The van der Waals surface area contributed by atoms with Crippen LogP contribution in [0.2, 0.25) is 5.02 Å². The molecule has 0 amide bonds. The summed E-state index contributed by atoms with van der Waals surface area (Å²) in [4.78, 5) is 4.16. The van der Waals surface area contributed by atoms with Gasteiger partial charge >= 0.3 is 0 Å². The highest BCUT2D eigenvalue weighted by Crippen LogP contribution is 2.18. The van der Waals surface area contributed by atoms with E-state index < -0.39 is 10.0 Å². The topological polar surface area (TPSA) is 85.1 Å². The van der Waals surface area contributed by atoms with Crippen molar-refractivity contribution in [2.45, 2.75) is 11.4 Å². The fraction of sp³-hybridized carbons (Fsp3) is 0.0833. The van der Waals surface area contributed by atoms with Crippen molar-refractivity contribution in [3.05, 3.63) is 53.2 Å². The van der Waals surface area contributed by atoms with Crippen LogP contribution < -0.4 is 10.5 Å². The van der Waals surface area contributed by atoms with Gasteiger partial charge in [-0.2, -0.15) is 0 Å². The number of sulfonamides is 1. The molecule has 0 saturated carbocycles. The van der Waals surface area contributed by atoms with Gasteiger partial charge in [-0.1, -0.05) is 23.7 Å². The molecule has 2 aromatic rings. The Balaban J connectivity index is 2.15. The van der Waals surface area contributed by atoms with Gasteiger partial charge in [-0.05, 0) is 29.8 Å². The van der Waals surface area contributed by atoms with Crippen molar-refractivity contribution in [2.75, 3.05) is 5.32 Å². The molecule has 100 valence electrons. The van der Waals surface area contributed by atoms with Gasteiger partial charge in [-0.15, -0.1) is 0 Å². The van der Waals surface area contributed by atoms with Gasteiger partial charge < -0.3 is 5.32 Å². The molecule has 0 aliphatic heterocycles. The lowest BCUT2D eigenvalue weighted by atomic mass is 10.2. The van der Waals surface area contributed by atoms with Crippen LogP contribution in [0.15, 0.2) is 47.5 Å². The van der Waals surface area contributed by atoms with Crippen molar-refractivity contribution in [1.82, 2.24) is 4.98 Å². The summed E-state index contributed by atoms with van der Waals surface area (Å²) in [5.74, 6) is 0.546. The van der Waals surface area contributed by atoms with Gasteiger partial charge in [0.2, 0.25) is 10.0 Å². The molecule has 1 aromatic heterocycles. The SMILES string of the molecule is NS(=O)(=O)c1cccc(CNc2ncccc2Cl)c1. The summed E-state index contributed by atoms with van der Waals surface area (Å²) in [6, 6.07) is 9.84. The van der Waals surface area contributed by atoms with Crippen LogP contribution in [0, 0.1) is 0 Å². The summed E-state index contributed by atoms with van der Waals surface area (Å²) >= 11 is 5.95. The molecule has 2 rings (SSSR count). The highest BCUT2D eigenvalue weighted by Gasteiger charge is 2.08. The van der Waals surface area contributed by atoms with Gasteiger partial charge in [0.15, 0.2) is 0 Å². The number of rotatable bonds is 4. The Morgan fingerprint density at radius 1 is 1.26 bits per heavy atom. The molecule has 5 nitrogen and oxygen atoms in total. The first-order chi connectivity index (χ1) is 8.97. The normalized spacial score (nSPS) is 11.3. The molecule has 7 heteroatoms. The number of nitrogens with zero attached hydrogens (tertiary/aromatic N) is 1.